The normalized spacial score (nSPS) is 24.4. The Hall–Kier alpha value is -0.510. The molecule has 4 heteroatoms. The van der Waals surface area contributed by atoms with Crippen molar-refractivity contribution in [1.29, 1.82) is 0 Å². The van der Waals surface area contributed by atoms with Gasteiger partial charge in [-0.25, -0.2) is 0 Å². The summed E-state index contributed by atoms with van der Waals surface area (Å²) in [6.45, 7) is 0. The van der Waals surface area contributed by atoms with Gasteiger partial charge in [0, 0.05) is 5.33 Å². The van der Waals surface area contributed by atoms with E-state index in [1.54, 1.807) is 0 Å². The molecule has 1 fully saturated rings. The maximum atomic E-state index is 12.6. The summed E-state index contributed by atoms with van der Waals surface area (Å²) in [6.07, 6.45) is -1.16. The topological polar surface area (TPSA) is 0 Å². The third kappa shape index (κ3) is 3.98. The monoisotopic (exact) mass is 334 g/mol. The van der Waals surface area contributed by atoms with Gasteiger partial charge in [-0.05, 0) is 49.1 Å². The average molecular weight is 335 g/mol. The maximum absolute atomic E-state index is 12.6. The Labute approximate surface area is 120 Å². The molecule has 0 nitrogen and oxygen atoms in total. The van der Waals surface area contributed by atoms with E-state index in [1.165, 1.54) is 11.1 Å². The molecule has 1 saturated carbocycles. The van der Waals surface area contributed by atoms with Gasteiger partial charge in [-0.15, -0.1) is 0 Å². The predicted molar refractivity (Wildman–Crippen MR) is 74.7 cm³/mol. The first-order chi connectivity index (χ1) is 9.00. The molecule has 2 rings (SSSR count). The van der Waals surface area contributed by atoms with Crippen LogP contribution in [-0.2, 0) is 6.42 Å². The second-order valence-electron chi connectivity index (χ2n) is 5.27. The third-order valence-corrected chi connectivity index (χ3v) is 4.42. The van der Waals surface area contributed by atoms with E-state index in [-0.39, 0.29) is 12.8 Å². The van der Waals surface area contributed by atoms with Gasteiger partial charge in [0.2, 0.25) is 0 Å². The summed E-state index contributed by atoms with van der Waals surface area (Å²) in [4.78, 5) is 0. The predicted octanol–water partition coefficient (Wildman–Crippen LogP) is 5.46. The minimum absolute atomic E-state index is 0.275. The van der Waals surface area contributed by atoms with E-state index >= 15 is 0 Å². The molecular formula is C15H18BrF3. The van der Waals surface area contributed by atoms with Crippen molar-refractivity contribution < 1.29 is 13.2 Å². The lowest BCUT2D eigenvalue weighted by Crippen LogP contribution is -2.27. The minimum Gasteiger partial charge on any atom is -0.171 e. The molecule has 0 heterocycles. The van der Waals surface area contributed by atoms with Crippen LogP contribution in [0.3, 0.4) is 0 Å². The molecule has 1 aliphatic carbocycles. The molecule has 0 bridgehead atoms. The zero-order valence-corrected chi connectivity index (χ0v) is 12.3. The highest BCUT2D eigenvalue weighted by Crippen LogP contribution is 2.42. The first kappa shape index (κ1) is 14.9. The van der Waals surface area contributed by atoms with Crippen LogP contribution in [-0.4, -0.2) is 11.5 Å². The quantitative estimate of drug-likeness (QED) is 0.644. The molecule has 19 heavy (non-hydrogen) atoms. The fourth-order valence-corrected chi connectivity index (χ4v) is 3.28. The highest BCUT2D eigenvalue weighted by molar-refractivity contribution is 9.09. The Morgan fingerprint density at radius 2 is 1.58 bits per heavy atom. The van der Waals surface area contributed by atoms with Crippen molar-refractivity contribution in [3.8, 4) is 0 Å². The molecule has 0 aliphatic heterocycles. The van der Waals surface area contributed by atoms with E-state index in [0.717, 1.165) is 11.8 Å². The summed E-state index contributed by atoms with van der Waals surface area (Å²) in [5, 5.41) is 0.934. The largest absolute Gasteiger partial charge is 0.391 e. The van der Waals surface area contributed by atoms with Gasteiger partial charge in [0.25, 0.3) is 0 Å². The van der Waals surface area contributed by atoms with Crippen LogP contribution >= 0.6 is 15.9 Å². The SMILES string of the molecule is FC(F)(F)[C@H]1CC[C@H](c2ccc(CCBr)cc2)CC1. The highest BCUT2D eigenvalue weighted by Gasteiger charge is 2.41. The van der Waals surface area contributed by atoms with Crippen LogP contribution in [0.1, 0.15) is 42.7 Å². The zero-order chi connectivity index (χ0) is 13.9. The van der Waals surface area contributed by atoms with Crippen LogP contribution in [0.4, 0.5) is 13.2 Å². The van der Waals surface area contributed by atoms with Gasteiger partial charge in [0.1, 0.15) is 0 Å². The molecule has 0 aromatic heterocycles. The zero-order valence-electron chi connectivity index (χ0n) is 10.7. The van der Waals surface area contributed by atoms with Crippen LogP contribution in [0.2, 0.25) is 0 Å². The molecule has 0 radical (unpaired) electrons. The summed E-state index contributed by atoms with van der Waals surface area (Å²) in [5.74, 6) is -0.784. The molecule has 0 spiro atoms. The summed E-state index contributed by atoms with van der Waals surface area (Å²) >= 11 is 3.40. The van der Waals surface area contributed by atoms with E-state index in [4.69, 9.17) is 0 Å². The van der Waals surface area contributed by atoms with Gasteiger partial charge in [-0.1, -0.05) is 40.2 Å². The summed E-state index contributed by atoms with van der Waals surface area (Å²) in [6, 6.07) is 8.34. The van der Waals surface area contributed by atoms with Gasteiger partial charge in [-0.2, -0.15) is 13.2 Å². The molecule has 106 valence electrons. The van der Waals surface area contributed by atoms with Gasteiger partial charge in [0.05, 0.1) is 5.92 Å². The molecule has 0 saturated heterocycles. The number of benzene rings is 1. The second-order valence-corrected chi connectivity index (χ2v) is 6.06. The number of halogens is 4. The van der Waals surface area contributed by atoms with Crippen molar-refractivity contribution in [1.82, 2.24) is 0 Å². The second kappa shape index (κ2) is 6.29. The van der Waals surface area contributed by atoms with Crippen molar-refractivity contribution in [2.45, 2.75) is 44.2 Å². The first-order valence-electron chi connectivity index (χ1n) is 6.72. The van der Waals surface area contributed by atoms with E-state index in [0.29, 0.717) is 18.8 Å². The molecule has 1 aliphatic rings. The first-order valence-corrected chi connectivity index (χ1v) is 7.84. The Balaban J connectivity index is 1.94. The number of aryl methyl sites for hydroxylation is 1. The fourth-order valence-electron chi connectivity index (χ4n) is 2.82. The van der Waals surface area contributed by atoms with Crippen LogP contribution in [0, 0.1) is 5.92 Å². The number of hydrogen-bond donors (Lipinski definition) is 0. The molecule has 0 unspecified atom stereocenters. The Kier molecular flexibility index (Phi) is 4.93. The number of alkyl halides is 4. The molecule has 0 atom stereocenters. The smallest absolute Gasteiger partial charge is 0.171 e. The van der Waals surface area contributed by atoms with Crippen molar-refractivity contribution in [2.75, 3.05) is 5.33 Å². The van der Waals surface area contributed by atoms with E-state index < -0.39 is 12.1 Å². The molecule has 0 N–H and O–H groups in total. The maximum Gasteiger partial charge on any atom is 0.391 e. The van der Waals surface area contributed by atoms with Crippen molar-refractivity contribution in [3.63, 3.8) is 0 Å². The summed E-state index contributed by atoms with van der Waals surface area (Å²) < 4.78 is 37.8. The van der Waals surface area contributed by atoms with Gasteiger partial charge in [0.15, 0.2) is 0 Å². The van der Waals surface area contributed by atoms with Crippen LogP contribution < -0.4 is 0 Å². The van der Waals surface area contributed by atoms with E-state index in [1.807, 2.05) is 0 Å². The van der Waals surface area contributed by atoms with Gasteiger partial charge < -0.3 is 0 Å². The molecule has 1 aromatic carbocycles. The van der Waals surface area contributed by atoms with Crippen LogP contribution in [0.15, 0.2) is 24.3 Å². The number of hydrogen-bond acceptors (Lipinski definition) is 0. The van der Waals surface area contributed by atoms with Gasteiger partial charge in [-0.3, -0.25) is 0 Å². The number of rotatable bonds is 3. The molecule has 0 amide bonds. The molecule has 1 aromatic rings. The lowest BCUT2D eigenvalue weighted by Gasteiger charge is -2.30. The lowest BCUT2D eigenvalue weighted by atomic mass is 9.78. The Bertz CT molecular complexity index is 389. The molecular weight excluding hydrogens is 317 g/mol. The highest BCUT2D eigenvalue weighted by atomic mass is 79.9. The van der Waals surface area contributed by atoms with Crippen molar-refractivity contribution in [2.24, 2.45) is 5.92 Å². The van der Waals surface area contributed by atoms with E-state index in [9.17, 15) is 13.2 Å². The summed E-state index contributed by atoms with van der Waals surface area (Å²) in [5.41, 5.74) is 2.46. The summed E-state index contributed by atoms with van der Waals surface area (Å²) in [7, 11) is 0. The lowest BCUT2D eigenvalue weighted by molar-refractivity contribution is -0.182. The standard InChI is InChI=1S/C15H18BrF3/c16-10-9-11-1-3-12(4-2-11)13-5-7-14(8-6-13)15(17,18)19/h1-4,13-14H,5-10H2/t13-,14-. The van der Waals surface area contributed by atoms with Gasteiger partial charge >= 0.3 is 6.18 Å². The van der Waals surface area contributed by atoms with Crippen molar-refractivity contribution >= 4 is 15.9 Å². The fraction of sp³-hybridized carbons (Fsp3) is 0.600. The third-order valence-electron chi connectivity index (χ3n) is 4.02. The van der Waals surface area contributed by atoms with Crippen LogP contribution in [0.25, 0.3) is 0 Å². The van der Waals surface area contributed by atoms with Crippen LogP contribution in [0.5, 0.6) is 0 Å². The Morgan fingerprint density at radius 1 is 1.00 bits per heavy atom. The average Bonchev–Trinajstić information content (AvgIpc) is 2.39. The van der Waals surface area contributed by atoms with Crippen molar-refractivity contribution in [3.05, 3.63) is 35.4 Å². The minimum atomic E-state index is -4.01. The van der Waals surface area contributed by atoms with E-state index in [2.05, 4.69) is 40.2 Å². The Morgan fingerprint density at radius 3 is 2.05 bits per heavy atom.